The van der Waals surface area contributed by atoms with Crippen molar-refractivity contribution in [2.75, 3.05) is 5.75 Å². The molecule has 0 saturated carbocycles. The molecule has 0 unspecified atom stereocenters. The second-order valence-electron chi connectivity index (χ2n) is 3.48. The van der Waals surface area contributed by atoms with Gasteiger partial charge in [-0.15, -0.1) is 23.1 Å². The number of carboxylic acid groups (broad SMARTS) is 1. The van der Waals surface area contributed by atoms with E-state index in [9.17, 15) is 9.59 Å². The summed E-state index contributed by atoms with van der Waals surface area (Å²) >= 11 is 3.00. The summed E-state index contributed by atoms with van der Waals surface area (Å²) in [5.41, 5.74) is 0.955. The second-order valence-corrected chi connectivity index (χ2v) is 5.53. The highest BCUT2D eigenvalue weighted by molar-refractivity contribution is 7.99. The highest BCUT2D eigenvalue weighted by atomic mass is 32.2. The van der Waals surface area contributed by atoms with Gasteiger partial charge in [0.1, 0.15) is 6.04 Å². The van der Waals surface area contributed by atoms with Gasteiger partial charge in [-0.2, -0.15) is 0 Å². The molecule has 1 amide bonds. The Morgan fingerprint density at radius 2 is 2.35 bits per heavy atom. The lowest BCUT2D eigenvalue weighted by atomic mass is 10.3. The minimum absolute atomic E-state index is 0.244. The fourth-order valence-electron chi connectivity index (χ4n) is 1.07. The Morgan fingerprint density at radius 1 is 1.65 bits per heavy atom. The smallest absolute Gasteiger partial charge is 0.325 e. The molecule has 0 aliphatic carbocycles. The largest absolute Gasteiger partial charge is 0.480 e. The molecule has 1 aromatic heterocycles. The van der Waals surface area contributed by atoms with Gasteiger partial charge in [-0.25, -0.2) is 4.98 Å². The first-order valence-corrected chi connectivity index (χ1v) is 7.03. The van der Waals surface area contributed by atoms with Crippen molar-refractivity contribution in [1.82, 2.24) is 10.3 Å². The molecule has 1 heterocycles. The fourth-order valence-corrected chi connectivity index (χ4v) is 2.51. The molecule has 17 heavy (non-hydrogen) atoms. The van der Waals surface area contributed by atoms with E-state index >= 15 is 0 Å². The van der Waals surface area contributed by atoms with Crippen LogP contribution in [0.3, 0.4) is 0 Å². The molecule has 94 valence electrons. The summed E-state index contributed by atoms with van der Waals surface area (Å²) in [6.07, 6.45) is 0. The predicted molar refractivity (Wildman–Crippen MR) is 68.3 cm³/mol. The molecule has 0 fully saturated rings. The van der Waals surface area contributed by atoms with Crippen LogP contribution >= 0.6 is 23.1 Å². The number of amides is 1. The van der Waals surface area contributed by atoms with Gasteiger partial charge in [-0.3, -0.25) is 9.59 Å². The van der Waals surface area contributed by atoms with E-state index in [0.29, 0.717) is 5.75 Å². The molecule has 0 aliphatic rings. The molecule has 0 aromatic carbocycles. The molecule has 1 aromatic rings. The fraction of sp³-hybridized carbons (Fsp3) is 0.500. The molecular weight excluding hydrogens is 260 g/mol. The van der Waals surface area contributed by atoms with Crippen LogP contribution in [-0.2, 0) is 15.3 Å². The van der Waals surface area contributed by atoms with Gasteiger partial charge in [-0.05, 0) is 13.8 Å². The summed E-state index contributed by atoms with van der Waals surface area (Å²) < 4.78 is 0. The molecule has 7 heteroatoms. The molecular formula is C10H14N2O3S2. The molecule has 0 bridgehead atoms. The lowest BCUT2D eigenvalue weighted by molar-refractivity contribution is -0.140. The van der Waals surface area contributed by atoms with Gasteiger partial charge in [0.2, 0.25) is 5.91 Å². The second kappa shape index (κ2) is 6.61. The Morgan fingerprint density at radius 3 is 2.88 bits per heavy atom. The van der Waals surface area contributed by atoms with Crippen LogP contribution in [0.4, 0.5) is 0 Å². The third kappa shape index (κ3) is 5.18. The van der Waals surface area contributed by atoms with Crippen LogP contribution in [0.5, 0.6) is 0 Å². The number of rotatable bonds is 6. The van der Waals surface area contributed by atoms with Gasteiger partial charge < -0.3 is 10.4 Å². The van der Waals surface area contributed by atoms with Crippen LogP contribution in [0.2, 0.25) is 0 Å². The number of aryl methyl sites for hydroxylation is 1. The number of carbonyl (C=O) groups excluding carboxylic acids is 1. The zero-order chi connectivity index (χ0) is 12.8. The molecule has 0 aliphatic heterocycles. The van der Waals surface area contributed by atoms with Gasteiger partial charge in [-0.1, -0.05) is 0 Å². The Kier molecular flexibility index (Phi) is 5.43. The zero-order valence-corrected chi connectivity index (χ0v) is 11.2. The minimum Gasteiger partial charge on any atom is -0.480 e. The van der Waals surface area contributed by atoms with Crippen molar-refractivity contribution in [1.29, 1.82) is 0 Å². The van der Waals surface area contributed by atoms with Crippen molar-refractivity contribution in [3.63, 3.8) is 0 Å². The van der Waals surface area contributed by atoms with Gasteiger partial charge in [0.25, 0.3) is 0 Å². The summed E-state index contributed by atoms with van der Waals surface area (Å²) in [6.45, 7) is 3.37. The molecule has 5 nitrogen and oxygen atoms in total. The van der Waals surface area contributed by atoms with Crippen molar-refractivity contribution in [3.05, 3.63) is 16.1 Å². The number of nitrogens with zero attached hydrogens (tertiary/aromatic N) is 1. The summed E-state index contributed by atoms with van der Waals surface area (Å²) in [6, 6.07) is -0.843. The lowest BCUT2D eigenvalue weighted by Gasteiger charge is -2.08. The number of carbonyl (C=O) groups is 2. The van der Waals surface area contributed by atoms with Gasteiger partial charge in [0.15, 0.2) is 0 Å². The van der Waals surface area contributed by atoms with E-state index in [1.165, 1.54) is 18.7 Å². The van der Waals surface area contributed by atoms with Crippen LogP contribution in [0.15, 0.2) is 5.38 Å². The van der Waals surface area contributed by atoms with Crippen molar-refractivity contribution >= 4 is 35.0 Å². The first-order chi connectivity index (χ1) is 7.99. The average Bonchev–Trinajstić information content (AvgIpc) is 2.64. The summed E-state index contributed by atoms with van der Waals surface area (Å²) in [5.74, 6) is -0.386. The number of hydrogen-bond donors (Lipinski definition) is 2. The normalized spacial score (nSPS) is 12.1. The first-order valence-electron chi connectivity index (χ1n) is 5.00. The van der Waals surface area contributed by atoms with E-state index in [1.807, 2.05) is 12.3 Å². The molecule has 2 N–H and O–H groups in total. The third-order valence-corrected chi connectivity index (χ3v) is 3.69. The van der Waals surface area contributed by atoms with E-state index < -0.39 is 12.0 Å². The number of thioether (sulfide) groups is 1. The van der Waals surface area contributed by atoms with E-state index in [0.717, 1.165) is 10.7 Å². The van der Waals surface area contributed by atoms with Crippen LogP contribution < -0.4 is 5.32 Å². The maximum atomic E-state index is 11.3. The minimum atomic E-state index is -1.03. The number of nitrogens with one attached hydrogen (secondary N) is 1. The van der Waals surface area contributed by atoms with Crippen molar-refractivity contribution in [3.8, 4) is 0 Å². The maximum absolute atomic E-state index is 11.3. The topological polar surface area (TPSA) is 79.3 Å². The Labute approximate surface area is 108 Å². The lowest BCUT2D eigenvalue weighted by Crippen LogP contribution is -2.39. The highest BCUT2D eigenvalue weighted by Gasteiger charge is 2.13. The Bertz CT molecular complexity index is 406. The summed E-state index contributed by atoms with van der Waals surface area (Å²) in [4.78, 5) is 26.1. The molecule has 1 atom stereocenters. The SMILES string of the molecule is Cc1nc(CSCC(=O)N[C@H](C)C(=O)O)cs1. The number of thiazole rings is 1. The predicted octanol–water partition coefficient (Wildman–Crippen LogP) is 1.27. The molecule has 0 saturated heterocycles. The van der Waals surface area contributed by atoms with E-state index in [1.54, 1.807) is 11.3 Å². The number of carboxylic acids is 1. The monoisotopic (exact) mass is 274 g/mol. The summed E-state index contributed by atoms with van der Waals surface area (Å²) in [7, 11) is 0. The van der Waals surface area contributed by atoms with Crippen LogP contribution in [0.25, 0.3) is 0 Å². The molecule has 1 rings (SSSR count). The molecule has 0 radical (unpaired) electrons. The highest BCUT2D eigenvalue weighted by Crippen LogP contribution is 2.14. The Balaban J connectivity index is 2.22. The first kappa shape index (κ1) is 14.0. The van der Waals surface area contributed by atoms with Crippen LogP contribution in [-0.4, -0.2) is 33.8 Å². The van der Waals surface area contributed by atoms with Gasteiger partial charge in [0, 0.05) is 11.1 Å². The van der Waals surface area contributed by atoms with Crippen molar-refractivity contribution in [2.45, 2.75) is 25.6 Å². The summed E-state index contributed by atoms with van der Waals surface area (Å²) in [5, 5.41) is 14.0. The van der Waals surface area contributed by atoms with Crippen molar-refractivity contribution in [2.24, 2.45) is 0 Å². The standard InChI is InChI=1S/C10H14N2O3S2/c1-6(10(14)15)11-9(13)5-16-3-8-4-17-7(2)12-8/h4,6H,3,5H2,1-2H3,(H,11,13)(H,14,15)/t6-/m1/s1. The average molecular weight is 274 g/mol. The zero-order valence-electron chi connectivity index (χ0n) is 9.60. The number of aromatic nitrogens is 1. The van der Waals surface area contributed by atoms with Crippen molar-refractivity contribution < 1.29 is 14.7 Å². The van der Waals surface area contributed by atoms with Crippen LogP contribution in [0.1, 0.15) is 17.6 Å². The van der Waals surface area contributed by atoms with E-state index in [2.05, 4.69) is 10.3 Å². The Hall–Kier alpha value is -1.08. The number of hydrogen-bond acceptors (Lipinski definition) is 5. The molecule has 0 spiro atoms. The quantitative estimate of drug-likeness (QED) is 0.816. The maximum Gasteiger partial charge on any atom is 0.325 e. The van der Waals surface area contributed by atoms with E-state index in [4.69, 9.17) is 5.11 Å². The van der Waals surface area contributed by atoms with Crippen LogP contribution in [0, 0.1) is 6.92 Å². The number of aliphatic carboxylic acids is 1. The van der Waals surface area contributed by atoms with Gasteiger partial charge >= 0.3 is 5.97 Å². The third-order valence-electron chi connectivity index (χ3n) is 1.90. The van der Waals surface area contributed by atoms with E-state index in [-0.39, 0.29) is 11.7 Å². The van der Waals surface area contributed by atoms with Gasteiger partial charge in [0.05, 0.1) is 16.5 Å².